The fourth-order valence-corrected chi connectivity index (χ4v) is 3.48. The van der Waals surface area contributed by atoms with Crippen LogP contribution in [0, 0.1) is 0 Å². The lowest BCUT2D eigenvalue weighted by Crippen LogP contribution is -2.36. The summed E-state index contributed by atoms with van der Waals surface area (Å²) < 4.78 is 0. The van der Waals surface area contributed by atoms with Gasteiger partial charge in [0, 0.05) is 22.6 Å². The molecule has 0 unspecified atom stereocenters. The van der Waals surface area contributed by atoms with Gasteiger partial charge in [-0.2, -0.15) is 0 Å². The average molecular weight is 208 g/mol. The molecule has 0 radical (unpaired) electrons. The van der Waals surface area contributed by atoms with E-state index < -0.39 is 0 Å². The minimum absolute atomic E-state index is 0.0730. The maximum Gasteiger partial charge on any atom is 0.0212 e. The molecule has 0 aromatic carbocycles. The van der Waals surface area contributed by atoms with Crippen molar-refractivity contribution in [3.63, 3.8) is 0 Å². The highest BCUT2D eigenvalue weighted by Gasteiger charge is 2.13. The van der Waals surface area contributed by atoms with Crippen molar-refractivity contribution < 1.29 is 0 Å². The van der Waals surface area contributed by atoms with Crippen LogP contribution >= 0.6 is 21.6 Å². The SMILES string of the molecule is CC(C)(N)CSSCC(C)(C)N. The lowest BCUT2D eigenvalue weighted by Gasteiger charge is -2.20. The molecule has 4 heteroatoms. The van der Waals surface area contributed by atoms with Gasteiger partial charge in [0.15, 0.2) is 0 Å². The molecule has 0 aliphatic heterocycles. The second kappa shape index (κ2) is 4.74. The Balaban J connectivity index is 3.35. The van der Waals surface area contributed by atoms with Crippen LogP contribution < -0.4 is 11.5 Å². The molecule has 0 aliphatic rings. The van der Waals surface area contributed by atoms with Crippen LogP contribution in [0.25, 0.3) is 0 Å². The van der Waals surface area contributed by atoms with E-state index in [4.69, 9.17) is 11.5 Å². The summed E-state index contributed by atoms with van der Waals surface area (Å²) in [5.41, 5.74) is 11.5. The first kappa shape index (κ1) is 12.6. The minimum Gasteiger partial charge on any atom is -0.325 e. The molecule has 0 rings (SSSR count). The highest BCUT2D eigenvalue weighted by Crippen LogP contribution is 2.26. The molecule has 2 nitrogen and oxygen atoms in total. The normalized spacial score (nSPS) is 13.5. The van der Waals surface area contributed by atoms with Crippen LogP contribution in [-0.2, 0) is 0 Å². The Morgan fingerprint density at radius 3 is 1.25 bits per heavy atom. The van der Waals surface area contributed by atoms with E-state index in [-0.39, 0.29) is 11.1 Å². The molecule has 74 valence electrons. The van der Waals surface area contributed by atoms with Crippen molar-refractivity contribution in [2.75, 3.05) is 11.5 Å². The van der Waals surface area contributed by atoms with Crippen LogP contribution in [0.4, 0.5) is 0 Å². The fraction of sp³-hybridized carbons (Fsp3) is 1.00. The predicted octanol–water partition coefficient (Wildman–Crippen LogP) is 1.84. The third-order valence-electron chi connectivity index (χ3n) is 0.945. The summed E-state index contributed by atoms with van der Waals surface area (Å²) in [6.07, 6.45) is 0. The first-order valence-corrected chi connectivity index (χ1v) is 6.52. The molecule has 12 heavy (non-hydrogen) atoms. The van der Waals surface area contributed by atoms with Crippen molar-refractivity contribution in [3.8, 4) is 0 Å². The molecule has 0 aromatic rings. The molecule has 0 saturated carbocycles. The quantitative estimate of drug-likeness (QED) is 0.535. The van der Waals surface area contributed by atoms with Crippen molar-refractivity contribution >= 4 is 21.6 Å². The average Bonchev–Trinajstić information content (AvgIpc) is 1.76. The number of nitrogens with two attached hydrogens (primary N) is 2. The smallest absolute Gasteiger partial charge is 0.0212 e. The first-order valence-electron chi connectivity index (χ1n) is 4.03. The molecule has 0 saturated heterocycles. The zero-order chi connectivity index (χ0) is 9.83. The van der Waals surface area contributed by atoms with E-state index in [9.17, 15) is 0 Å². The second-order valence-electron chi connectivity index (χ2n) is 4.50. The van der Waals surface area contributed by atoms with Crippen LogP contribution in [-0.4, -0.2) is 22.6 Å². The summed E-state index contributed by atoms with van der Waals surface area (Å²) in [6.45, 7) is 8.14. The highest BCUT2D eigenvalue weighted by molar-refractivity contribution is 8.76. The number of hydrogen-bond donors (Lipinski definition) is 2. The van der Waals surface area contributed by atoms with Crippen molar-refractivity contribution in [2.24, 2.45) is 11.5 Å². The van der Waals surface area contributed by atoms with Crippen molar-refractivity contribution in [3.05, 3.63) is 0 Å². The Labute approximate surface area is 83.6 Å². The Kier molecular flexibility index (Phi) is 4.99. The van der Waals surface area contributed by atoms with E-state index in [1.807, 2.05) is 27.7 Å². The highest BCUT2D eigenvalue weighted by atomic mass is 33.1. The maximum absolute atomic E-state index is 5.82. The van der Waals surface area contributed by atoms with Crippen molar-refractivity contribution in [1.29, 1.82) is 0 Å². The zero-order valence-corrected chi connectivity index (χ0v) is 10.0. The largest absolute Gasteiger partial charge is 0.325 e. The minimum atomic E-state index is -0.0730. The van der Waals surface area contributed by atoms with Gasteiger partial charge in [-0.3, -0.25) is 0 Å². The van der Waals surface area contributed by atoms with E-state index in [2.05, 4.69) is 0 Å². The van der Waals surface area contributed by atoms with Gasteiger partial charge in [0.25, 0.3) is 0 Å². The summed E-state index contributed by atoms with van der Waals surface area (Å²) >= 11 is 0. The van der Waals surface area contributed by atoms with Gasteiger partial charge >= 0.3 is 0 Å². The summed E-state index contributed by atoms with van der Waals surface area (Å²) in [5.74, 6) is 1.93. The summed E-state index contributed by atoms with van der Waals surface area (Å²) in [7, 11) is 3.60. The van der Waals surface area contributed by atoms with Gasteiger partial charge in [-0.1, -0.05) is 21.6 Å². The van der Waals surface area contributed by atoms with Gasteiger partial charge in [0.2, 0.25) is 0 Å². The Morgan fingerprint density at radius 1 is 0.833 bits per heavy atom. The molecule has 4 N–H and O–H groups in total. The topological polar surface area (TPSA) is 52.0 Å². The number of rotatable bonds is 5. The molecular weight excluding hydrogens is 188 g/mol. The first-order chi connectivity index (χ1) is 5.21. The van der Waals surface area contributed by atoms with E-state index in [1.165, 1.54) is 0 Å². The van der Waals surface area contributed by atoms with Crippen LogP contribution in [0.5, 0.6) is 0 Å². The maximum atomic E-state index is 5.82. The van der Waals surface area contributed by atoms with Gasteiger partial charge in [-0.05, 0) is 27.7 Å². The summed E-state index contributed by atoms with van der Waals surface area (Å²) in [4.78, 5) is 0. The lowest BCUT2D eigenvalue weighted by molar-refractivity contribution is 0.589. The molecular formula is C8H20N2S2. The molecule has 0 amide bonds. The summed E-state index contributed by atoms with van der Waals surface area (Å²) in [6, 6.07) is 0. The van der Waals surface area contributed by atoms with E-state index in [1.54, 1.807) is 21.6 Å². The lowest BCUT2D eigenvalue weighted by atomic mass is 10.1. The Morgan fingerprint density at radius 2 is 1.08 bits per heavy atom. The van der Waals surface area contributed by atoms with Gasteiger partial charge < -0.3 is 11.5 Å². The number of hydrogen-bond acceptors (Lipinski definition) is 4. The van der Waals surface area contributed by atoms with Gasteiger partial charge in [0.1, 0.15) is 0 Å². The summed E-state index contributed by atoms with van der Waals surface area (Å²) in [5, 5.41) is 0. The van der Waals surface area contributed by atoms with Crippen LogP contribution in [0.3, 0.4) is 0 Å². The van der Waals surface area contributed by atoms with Gasteiger partial charge in [0.05, 0.1) is 0 Å². The van der Waals surface area contributed by atoms with Crippen molar-refractivity contribution in [2.45, 2.75) is 38.8 Å². The van der Waals surface area contributed by atoms with Gasteiger partial charge in [-0.25, -0.2) is 0 Å². The van der Waals surface area contributed by atoms with Gasteiger partial charge in [-0.15, -0.1) is 0 Å². The van der Waals surface area contributed by atoms with E-state index >= 15 is 0 Å². The molecule has 0 spiro atoms. The third kappa shape index (κ3) is 10.6. The Bertz CT molecular complexity index is 108. The van der Waals surface area contributed by atoms with E-state index in [0.717, 1.165) is 11.5 Å². The van der Waals surface area contributed by atoms with Crippen molar-refractivity contribution in [1.82, 2.24) is 0 Å². The van der Waals surface area contributed by atoms with Crippen LogP contribution in [0.15, 0.2) is 0 Å². The predicted molar refractivity (Wildman–Crippen MR) is 61.4 cm³/mol. The second-order valence-corrected chi connectivity index (χ2v) is 6.96. The monoisotopic (exact) mass is 208 g/mol. The van der Waals surface area contributed by atoms with Crippen LogP contribution in [0.2, 0.25) is 0 Å². The molecule has 0 aliphatic carbocycles. The molecule has 0 atom stereocenters. The standard InChI is InChI=1S/C8H20N2S2/c1-7(2,9)5-11-12-6-8(3,4)10/h5-6,9-10H2,1-4H3. The third-order valence-corrected chi connectivity index (χ3v) is 4.04. The fourth-order valence-electron chi connectivity index (χ4n) is 0.387. The molecule has 0 fully saturated rings. The molecule has 0 aromatic heterocycles. The molecule has 0 heterocycles. The molecule has 0 bridgehead atoms. The zero-order valence-electron chi connectivity index (χ0n) is 8.39. The van der Waals surface area contributed by atoms with E-state index in [0.29, 0.717) is 0 Å². The van der Waals surface area contributed by atoms with Crippen LogP contribution in [0.1, 0.15) is 27.7 Å². The Hall–Kier alpha value is 0.620.